The molecule has 0 saturated carbocycles. The molecule has 24 heavy (non-hydrogen) atoms. The van der Waals surface area contributed by atoms with Gasteiger partial charge >= 0.3 is 0 Å². The van der Waals surface area contributed by atoms with E-state index in [1.807, 2.05) is 6.92 Å². The van der Waals surface area contributed by atoms with Crippen molar-refractivity contribution in [2.24, 2.45) is 0 Å². The highest BCUT2D eigenvalue weighted by atomic mass is 35.5. The molecule has 0 saturated heterocycles. The van der Waals surface area contributed by atoms with Crippen molar-refractivity contribution in [3.63, 3.8) is 0 Å². The monoisotopic (exact) mass is 364 g/mol. The number of hydrogen-bond donors (Lipinski definition) is 3. The number of imidazole rings is 1. The smallest absolute Gasteiger partial charge is 0.240 e. The summed E-state index contributed by atoms with van der Waals surface area (Å²) in [5, 5.41) is 3.03. The highest BCUT2D eigenvalue weighted by Crippen LogP contribution is 2.29. The van der Waals surface area contributed by atoms with Crippen molar-refractivity contribution in [2.45, 2.75) is 23.6 Å². The van der Waals surface area contributed by atoms with Crippen LogP contribution < -0.4 is 11.1 Å². The molecule has 124 valence electrons. The Morgan fingerprint density at radius 2 is 2.25 bits per heavy atom. The number of halogens is 1. The minimum atomic E-state index is -0.423. The second-order valence-corrected chi connectivity index (χ2v) is 6.27. The number of aromatic amines is 1. The first kappa shape index (κ1) is 16.4. The first-order chi connectivity index (χ1) is 11.6. The largest absolute Gasteiger partial charge is 0.368 e. The summed E-state index contributed by atoms with van der Waals surface area (Å²) >= 11 is 7.06. The summed E-state index contributed by atoms with van der Waals surface area (Å²) in [6.07, 6.45) is 3.54. The van der Waals surface area contributed by atoms with Crippen molar-refractivity contribution in [2.75, 3.05) is 11.1 Å². The molecule has 4 N–H and O–H groups in total. The molecule has 0 bridgehead atoms. The number of aromatic nitrogens is 6. The number of carbonyl (C=O) groups excluding carboxylic acids is 1. The molecule has 0 radical (unpaired) electrons. The number of rotatable bonds is 5. The first-order valence-electron chi connectivity index (χ1n) is 6.99. The number of nitrogen functional groups attached to an aromatic ring is 1. The Morgan fingerprint density at radius 1 is 1.42 bits per heavy atom. The van der Waals surface area contributed by atoms with Gasteiger partial charge in [0.25, 0.3) is 0 Å². The van der Waals surface area contributed by atoms with Crippen LogP contribution in [0.15, 0.2) is 23.6 Å². The van der Waals surface area contributed by atoms with Gasteiger partial charge in [-0.3, -0.25) is 10.1 Å². The minimum absolute atomic E-state index is 0.102. The number of nitrogens with zero attached hydrogens (tertiary/aromatic N) is 5. The molecule has 0 unspecified atom stereocenters. The first-order valence-corrected chi connectivity index (χ1v) is 8.25. The van der Waals surface area contributed by atoms with E-state index in [0.717, 1.165) is 0 Å². The summed E-state index contributed by atoms with van der Waals surface area (Å²) < 4.78 is 0. The van der Waals surface area contributed by atoms with Gasteiger partial charge in [0.05, 0.1) is 11.6 Å². The Bertz CT molecular complexity index is 885. The van der Waals surface area contributed by atoms with E-state index in [9.17, 15) is 4.79 Å². The lowest BCUT2D eigenvalue weighted by Crippen LogP contribution is -2.25. The number of hydrogen-bond acceptors (Lipinski definition) is 8. The molecule has 0 aliphatic carbocycles. The fraction of sp³-hybridized carbons (Fsp3) is 0.231. The zero-order valence-corrected chi connectivity index (χ0v) is 14.1. The number of nitrogens with one attached hydrogen (secondary N) is 2. The van der Waals surface area contributed by atoms with Gasteiger partial charge in [-0.1, -0.05) is 30.3 Å². The normalized spacial score (nSPS) is 12.2. The fourth-order valence-corrected chi connectivity index (χ4v) is 3.11. The van der Waals surface area contributed by atoms with Gasteiger partial charge in [-0.15, -0.1) is 0 Å². The predicted molar refractivity (Wildman–Crippen MR) is 91.7 cm³/mol. The van der Waals surface area contributed by atoms with E-state index in [1.165, 1.54) is 30.4 Å². The van der Waals surface area contributed by atoms with E-state index >= 15 is 0 Å². The lowest BCUT2D eigenvalue weighted by atomic mass is 10.3. The average molecular weight is 365 g/mol. The molecule has 0 spiro atoms. The zero-order chi connectivity index (χ0) is 17.1. The maximum absolute atomic E-state index is 12.5. The molecule has 11 heteroatoms. The van der Waals surface area contributed by atoms with Gasteiger partial charge in [-0.25, -0.2) is 19.9 Å². The Labute approximate surface area is 145 Å². The second kappa shape index (κ2) is 6.97. The summed E-state index contributed by atoms with van der Waals surface area (Å²) in [7, 11) is 0. The molecule has 1 amide bonds. The number of nitrogens with two attached hydrogens (primary N) is 1. The third-order valence-corrected chi connectivity index (χ3v) is 4.60. The lowest BCUT2D eigenvalue weighted by Gasteiger charge is -2.13. The van der Waals surface area contributed by atoms with Crippen molar-refractivity contribution in [1.82, 2.24) is 29.9 Å². The quantitative estimate of drug-likeness (QED) is 0.461. The summed E-state index contributed by atoms with van der Waals surface area (Å²) in [6, 6.07) is 1.53. The Hall–Kier alpha value is -2.46. The van der Waals surface area contributed by atoms with E-state index in [-0.39, 0.29) is 23.0 Å². The number of thioether (sulfide) groups is 1. The SMILES string of the molecule is CC[C@@H](Sc1nc(N)nc2nc[nH]c12)C(=O)Nc1nccc(Cl)n1. The predicted octanol–water partition coefficient (Wildman–Crippen LogP) is 1.89. The van der Waals surface area contributed by atoms with Crippen molar-refractivity contribution < 1.29 is 4.79 Å². The van der Waals surface area contributed by atoms with Crippen molar-refractivity contribution in [3.8, 4) is 0 Å². The van der Waals surface area contributed by atoms with Crippen LogP contribution in [0.2, 0.25) is 5.15 Å². The van der Waals surface area contributed by atoms with Crippen LogP contribution in [-0.4, -0.2) is 41.1 Å². The van der Waals surface area contributed by atoms with Crippen LogP contribution >= 0.6 is 23.4 Å². The summed E-state index contributed by atoms with van der Waals surface area (Å²) in [5.41, 5.74) is 6.79. The molecule has 0 aliphatic heterocycles. The van der Waals surface area contributed by atoms with Gasteiger partial charge < -0.3 is 10.7 Å². The maximum Gasteiger partial charge on any atom is 0.240 e. The van der Waals surface area contributed by atoms with E-state index < -0.39 is 5.25 Å². The van der Waals surface area contributed by atoms with Crippen molar-refractivity contribution in [3.05, 3.63) is 23.7 Å². The molecule has 1 atom stereocenters. The molecule has 9 nitrogen and oxygen atoms in total. The minimum Gasteiger partial charge on any atom is -0.368 e. The third kappa shape index (κ3) is 3.54. The molecule has 3 rings (SSSR count). The number of amides is 1. The van der Waals surface area contributed by atoms with Crippen LogP contribution in [-0.2, 0) is 4.79 Å². The van der Waals surface area contributed by atoms with Crippen LogP contribution in [0.25, 0.3) is 11.2 Å². The number of fused-ring (bicyclic) bond motifs is 1. The van der Waals surface area contributed by atoms with Crippen LogP contribution in [0, 0.1) is 0 Å². The Kier molecular flexibility index (Phi) is 4.76. The molecule has 0 fully saturated rings. The number of anilines is 2. The highest BCUT2D eigenvalue weighted by Gasteiger charge is 2.22. The van der Waals surface area contributed by atoms with Crippen LogP contribution in [0.4, 0.5) is 11.9 Å². The molecular formula is C13H13ClN8OS. The van der Waals surface area contributed by atoms with Crippen LogP contribution in [0.5, 0.6) is 0 Å². The standard InChI is InChI=1S/C13H13ClN8OS/c1-2-6(10(23)21-13-16-4-3-7(14)19-13)24-11-8-9(18-5-17-8)20-12(15)22-11/h3-6H,2H2,1H3,(H,16,19,21,23)(H3,15,17,18,20,22)/t6-/m1/s1. The Balaban J connectivity index is 1.80. The van der Waals surface area contributed by atoms with E-state index in [1.54, 1.807) is 0 Å². The maximum atomic E-state index is 12.5. The molecule has 0 aliphatic rings. The molecule has 3 heterocycles. The van der Waals surface area contributed by atoms with Gasteiger partial charge in [0.15, 0.2) is 5.65 Å². The third-order valence-electron chi connectivity index (χ3n) is 3.04. The molecule has 3 aromatic rings. The van der Waals surface area contributed by atoms with E-state index in [0.29, 0.717) is 22.6 Å². The summed E-state index contributed by atoms with van der Waals surface area (Å²) in [6.45, 7) is 1.89. The lowest BCUT2D eigenvalue weighted by molar-refractivity contribution is -0.115. The Morgan fingerprint density at radius 3 is 3.00 bits per heavy atom. The zero-order valence-electron chi connectivity index (χ0n) is 12.5. The molecule has 0 aromatic carbocycles. The number of carbonyl (C=O) groups is 1. The number of H-pyrrole nitrogens is 1. The topological polar surface area (TPSA) is 135 Å². The van der Waals surface area contributed by atoms with Crippen molar-refractivity contribution in [1.29, 1.82) is 0 Å². The van der Waals surface area contributed by atoms with E-state index in [2.05, 4.69) is 35.2 Å². The van der Waals surface area contributed by atoms with Gasteiger partial charge in [0.1, 0.15) is 15.7 Å². The van der Waals surface area contributed by atoms with Gasteiger partial charge in [0.2, 0.25) is 17.8 Å². The molecule has 3 aromatic heterocycles. The van der Waals surface area contributed by atoms with E-state index in [4.69, 9.17) is 17.3 Å². The molecular weight excluding hydrogens is 352 g/mol. The van der Waals surface area contributed by atoms with Crippen LogP contribution in [0.1, 0.15) is 13.3 Å². The second-order valence-electron chi connectivity index (χ2n) is 4.70. The van der Waals surface area contributed by atoms with Gasteiger partial charge in [-0.05, 0) is 12.5 Å². The summed E-state index contributed by atoms with van der Waals surface area (Å²) in [4.78, 5) is 35.6. The van der Waals surface area contributed by atoms with Gasteiger partial charge in [-0.2, -0.15) is 4.98 Å². The van der Waals surface area contributed by atoms with Crippen LogP contribution in [0.3, 0.4) is 0 Å². The average Bonchev–Trinajstić information content (AvgIpc) is 3.00. The summed E-state index contributed by atoms with van der Waals surface area (Å²) in [5.74, 6) is 0.000546. The fourth-order valence-electron chi connectivity index (χ4n) is 1.95. The van der Waals surface area contributed by atoms with Crippen molar-refractivity contribution >= 4 is 52.3 Å². The highest BCUT2D eigenvalue weighted by molar-refractivity contribution is 8.00. The van der Waals surface area contributed by atoms with Gasteiger partial charge in [0, 0.05) is 6.20 Å².